The molecule has 1 aromatic rings. The maximum Gasteiger partial charge on any atom is 0.119 e. The topological polar surface area (TPSA) is 20.2 Å². The Morgan fingerprint density at radius 3 is 1.48 bits per heavy atom. The first-order valence-corrected chi connectivity index (χ1v) is 13.6. The molecule has 1 nitrogen and oxygen atoms in total. The van der Waals surface area contributed by atoms with Crippen LogP contribution in [0.1, 0.15) is 155 Å². The molecule has 0 unspecified atom stereocenters. The number of phenols is 1. The summed E-state index contributed by atoms with van der Waals surface area (Å²) in [7, 11) is 0. The monoisotopic (exact) mass is 430 g/mol. The largest absolute Gasteiger partial charge is 0.508 e. The predicted octanol–water partition coefficient (Wildman–Crippen LogP) is 10.2. The van der Waals surface area contributed by atoms with Gasteiger partial charge in [0.15, 0.2) is 0 Å². The van der Waals surface area contributed by atoms with Crippen molar-refractivity contribution in [3.8, 4) is 5.75 Å². The lowest BCUT2D eigenvalue weighted by molar-refractivity contribution is 0.400. The fourth-order valence-corrected chi connectivity index (χ4v) is 4.83. The van der Waals surface area contributed by atoms with Crippen LogP contribution >= 0.6 is 0 Å². The van der Waals surface area contributed by atoms with E-state index in [1.54, 1.807) is 0 Å². The molecule has 0 aromatic heterocycles. The van der Waals surface area contributed by atoms with Gasteiger partial charge in [-0.15, -0.1) is 0 Å². The van der Waals surface area contributed by atoms with Crippen LogP contribution in [0.25, 0.3) is 0 Å². The second kappa shape index (κ2) is 15.0. The Labute approximate surface area is 195 Å². The summed E-state index contributed by atoms with van der Waals surface area (Å²) in [4.78, 5) is 0. The average molecular weight is 431 g/mol. The van der Waals surface area contributed by atoms with Crippen molar-refractivity contribution in [2.45, 2.75) is 155 Å². The maximum absolute atomic E-state index is 10.7. The zero-order chi connectivity index (χ0) is 23.2. The Bertz CT molecular complexity index is 584. The number of hydrogen-bond acceptors (Lipinski definition) is 1. The standard InChI is InChI=1S/C30H54O/c1-7-9-11-13-15-17-19-23-29(3,4)26-21-22-28(31)27(25-26)30(5,6)24-20-18-16-14-12-10-8-2/h21-22,25,31H,7-20,23-24H2,1-6H3. The number of phenolic OH excluding ortho intramolecular Hbond substituents is 1. The minimum atomic E-state index is 0.0267. The number of benzene rings is 1. The number of unbranched alkanes of at least 4 members (excludes halogenated alkanes) is 12. The first kappa shape index (κ1) is 28.1. The van der Waals surface area contributed by atoms with E-state index in [-0.39, 0.29) is 10.8 Å². The quantitative estimate of drug-likeness (QED) is 0.230. The highest BCUT2D eigenvalue weighted by molar-refractivity contribution is 5.43. The van der Waals surface area contributed by atoms with Crippen molar-refractivity contribution in [2.24, 2.45) is 0 Å². The van der Waals surface area contributed by atoms with Gasteiger partial charge in [0.1, 0.15) is 5.75 Å². The molecule has 0 radical (unpaired) electrons. The lowest BCUT2D eigenvalue weighted by Crippen LogP contribution is -2.21. The molecule has 0 aliphatic carbocycles. The lowest BCUT2D eigenvalue weighted by Gasteiger charge is -2.31. The average Bonchev–Trinajstić information content (AvgIpc) is 2.72. The third-order valence-electron chi connectivity index (χ3n) is 7.32. The Hall–Kier alpha value is -0.980. The first-order valence-electron chi connectivity index (χ1n) is 13.6. The van der Waals surface area contributed by atoms with Crippen molar-refractivity contribution in [3.63, 3.8) is 0 Å². The fraction of sp³-hybridized carbons (Fsp3) is 0.800. The van der Waals surface area contributed by atoms with Gasteiger partial charge in [-0.05, 0) is 40.9 Å². The van der Waals surface area contributed by atoms with Crippen LogP contribution in [0.5, 0.6) is 5.75 Å². The molecule has 0 bridgehead atoms. The van der Waals surface area contributed by atoms with Crippen molar-refractivity contribution in [1.29, 1.82) is 0 Å². The molecule has 0 aliphatic heterocycles. The normalized spacial score (nSPS) is 12.5. The Morgan fingerprint density at radius 1 is 0.581 bits per heavy atom. The number of rotatable bonds is 18. The van der Waals surface area contributed by atoms with E-state index in [0.717, 1.165) is 12.0 Å². The molecule has 1 N–H and O–H groups in total. The Morgan fingerprint density at radius 2 is 1.00 bits per heavy atom. The van der Waals surface area contributed by atoms with Crippen LogP contribution < -0.4 is 0 Å². The number of hydrogen-bond donors (Lipinski definition) is 1. The Kier molecular flexibility index (Phi) is 13.5. The van der Waals surface area contributed by atoms with Crippen LogP contribution in [-0.2, 0) is 10.8 Å². The van der Waals surface area contributed by atoms with E-state index in [9.17, 15) is 5.11 Å². The summed E-state index contributed by atoms with van der Waals surface area (Å²) in [5.41, 5.74) is 2.72. The van der Waals surface area contributed by atoms with Gasteiger partial charge in [0.25, 0.3) is 0 Å². The summed E-state index contributed by atoms with van der Waals surface area (Å²) in [5.74, 6) is 0.475. The molecule has 31 heavy (non-hydrogen) atoms. The second-order valence-corrected chi connectivity index (χ2v) is 11.2. The van der Waals surface area contributed by atoms with Crippen molar-refractivity contribution in [3.05, 3.63) is 29.3 Å². The third kappa shape index (κ3) is 10.9. The van der Waals surface area contributed by atoms with Crippen molar-refractivity contribution < 1.29 is 5.11 Å². The smallest absolute Gasteiger partial charge is 0.119 e. The predicted molar refractivity (Wildman–Crippen MR) is 139 cm³/mol. The SMILES string of the molecule is CCCCCCCCCC(C)(C)c1ccc(O)c(C(C)(C)CCCCCCCCC)c1. The molecule has 1 aromatic carbocycles. The first-order chi connectivity index (χ1) is 14.7. The zero-order valence-corrected chi connectivity index (χ0v) is 22.0. The molecule has 1 heteroatoms. The van der Waals surface area contributed by atoms with Gasteiger partial charge >= 0.3 is 0 Å². The summed E-state index contributed by atoms with van der Waals surface area (Å²) < 4.78 is 0. The Balaban J connectivity index is 2.59. The van der Waals surface area contributed by atoms with Gasteiger partial charge < -0.3 is 5.11 Å². The molecule has 0 heterocycles. The maximum atomic E-state index is 10.7. The molecular weight excluding hydrogens is 376 g/mol. The van der Waals surface area contributed by atoms with Crippen LogP contribution in [0.4, 0.5) is 0 Å². The third-order valence-corrected chi connectivity index (χ3v) is 7.32. The lowest BCUT2D eigenvalue weighted by atomic mass is 9.74. The summed E-state index contributed by atoms with van der Waals surface area (Å²) in [6.45, 7) is 13.9. The highest BCUT2D eigenvalue weighted by Crippen LogP contribution is 2.39. The van der Waals surface area contributed by atoms with Gasteiger partial charge in [-0.25, -0.2) is 0 Å². The molecule has 0 fully saturated rings. The van der Waals surface area contributed by atoms with Crippen LogP contribution in [0, 0.1) is 0 Å². The number of aromatic hydroxyl groups is 1. The van der Waals surface area contributed by atoms with Gasteiger partial charge in [-0.3, -0.25) is 0 Å². The summed E-state index contributed by atoms with van der Waals surface area (Å²) in [5, 5.41) is 10.7. The van der Waals surface area contributed by atoms with Crippen LogP contribution in [-0.4, -0.2) is 5.11 Å². The van der Waals surface area contributed by atoms with Crippen molar-refractivity contribution in [2.75, 3.05) is 0 Å². The van der Waals surface area contributed by atoms with E-state index in [1.807, 2.05) is 6.07 Å². The van der Waals surface area contributed by atoms with Gasteiger partial charge in [0.2, 0.25) is 0 Å². The summed E-state index contributed by atoms with van der Waals surface area (Å²) in [6, 6.07) is 6.42. The highest BCUT2D eigenvalue weighted by Gasteiger charge is 2.27. The molecule has 0 atom stereocenters. The van der Waals surface area contributed by atoms with E-state index < -0.39 is 0 Å². The molecule has 0 saturated heterocycles. The molecule has 0 aliphatic rings. The van der Waals surface area contributed by atoms with Crippen molar-refractivity contribution in [1.82, 2.24) is 0 Å². The van der Waals surface area contributed by atoms with Gasteiger partial charge in [0, 0.05) is 0 Å². The van der Waals surface area contributed by atoms with Crippen molar-refractivity contribution >= 4 is 0 Å². The van der Waals surface area contributed by atoms with E-state index in [0.29, 0.717) is 5.75 Å². The van der Waals surface area contributed by atoms with E-state index in [4.69, 9.17) is 0 Å². The summed E-state index contributed by atoms with van der Waals surface area (Å²) >= 11 is 0. The molecule has 0 saturated carbocycles. The van der Waals surface area contributed by atoms with Crippen LogP contribution in [0.15, 0.2) is 18.2 Å². The fourth-order valence-electron chi connectivity index (χ4n) is 4.83. The van der Waals surface area contributed by atoms with E-state index in [1.165, 1.54) is 102 Å². The minimum Gasteiger partial charge on any atom is -0.508 e. The molecule has 180 valence electrons. The van der Waals surface area contributed by atoms with Gasteiger partial charge in [-0.1, -0.05) is 144 Å². The minimum absolute atomic E-state index is 0.0267. The molecule has 1 rings (SSSR count). The summed E-state index contributed by atoms with van der Waals surface area (Å²) in [6.07, 6.45) is 21.3. The highest BCUT2D eigenvalue weighted by atomic mass is 16.3. The second-order valence-electron chi connectivity index (χ2n) is 11.2. The molecule has 0 amide bonds. The molecular formula is C30H54O. The van der Waals surface area contributed by atoms with Crippen LogP contribution in [0.2, 0.25) is 0 Å². The van der Waals surface area contributed by atoms with Crippen LogP contribution in [0.3, 0.4) is 0 Å². The van der Waals surface area contributed by atoms with Gasteiger partial charge in [-0.2, -0.15) is 0 Å². The van der Waals surface area contributed by atoms with Gasteiger partial charge in [0.05, 0.1) is 0 Å². The molecule has 0 spiro atoms. The van der Waals surface area contributed by atoms with E-state index in [2.05, 4.69) is 53.7 Å². The van der Waals surface area contributed by atoms with E-state index >= 15 is 0 Å². The zero-order valence-electron chi connectivity index (χ0n) is 22.0.